The summed E-state index contributed by atoms with van der Waals surface area (Å²) >= 11 is 1.38. The average Bonchev–Trinajstić information content (AvgIpc) is 2.98. The Balaban J connectivity index is 1.90. The smallest absolute Gasteiger partial charge is 0.282 e. The highest BCUT2D eigenvalue weighted by atomic mass is 32.1. The van der Waals surface area contributed by atoms with Crippen LogP contribution in [0.25, 0.3) is 5.69 Å². The third kappa shape index (κ3) is 2.46. The van der Waals surface area contributed by atoms with Crippen molar-refractivity contribution >= 4 is 22.4 Å². The summed E-state index contributed by atoms with van der Waals surface area (Å²) in [5, 5.41) is 5.36. The van der Waals surface area contributed by atoms with Gasteiger partial charge < -0.3 is 4.90 Å². The zero-order chi connectivity index (χ0) is 13.1. The summed E-state index contributed by atoms with van der Waals surface area (Å²) in [5.41, 5.74) is 2.06. The number of nitrogens with zero attached hydrogens (tertiary/aromatic N) is 4. The topological polar surface area (TPSA) is 32.9 Å². The first-order valence-corrected chi connectivity index (χ1v) is 6.72. The number of para-hydroxylation sites is 2. The maximum Gasteiger partial charge on any atom is 0.282 e. The fraction of sp³-hybridized carbons (Fsp3) is 0.0714. The first kappa shape index (κ1) is 11.8. The Labute approximate surface area is 115 Å². The van der Waals surface area contributed by atoms with E-state index in [1.165, 1.54) is 11.5 Å². The molecule has 0 atom stereocenters. The summed E-state index contributed by atoms with van der Waals surface area (Å²) in [6.07, 6.45) is 0. The van der Waals surface area contributed by atoms with E-state index >= 15 is 0 Å². The van der Waals surface area contributed by atoms with Crippen LogP contribution >= 0.6 is 11.5 Å². The van der Waals surface area contributed by atoms with Crippen LogP contribution in [-0.2, 0) is 0 Å². The van der Waals surface area contributed by atoms with Gasteiger partial charge >= 0.3 is 0 Å². The van der Waals surface area contributed by atoms with Crippen molar-refractivity contribution in [3.05, 3.63) is 60.7 Å². The first-order chi connectivity index (χ1) is 9.34. The molecular weight excluding hydrogens is 256 g/mol. The van der Waals surface area contributed by atoms with Crippen molar-refractivity contribution in [3.63, 3.8) is 0 Å². The lowest BCUT2D eigenvalue weighted by atomic mass is 10.3. The Kier molecular flexibility index (Phi) is 3.20. The van der Waals surface area contributed by atoms with Gasteiger partial charge in [-0.05, 0) is 12.1 Å². The van der Waals surface area contributed by atoms with Gasteiger partial charge in [0.1, 0.15) is 4.49 Å². The summed E-state index contributed by atoms with van der Waals surface area (Å²) < 4.78 is 4.34. The van der Waals surface area contributed by atoms with Gasteiger partial charge in [-0.15, -0.1) is 0 Å². The molecule has 0 unspecified atom stereocenters. The molecule has 19 heavy (non-hydrogen) atoms. The van der Waals surface area contributed by atoms with Crippen molar-refractivity contribution in [2.75, 3.05) is 11.9 Å². The molecule has 5 heteroatoms. The second kappa shape index (κ2) is 5.16. The Morgan fingerprint density at radius 1 is 0.947 bits per heavy atom. The molecule has 1 aromatic heterocycles. The van der Waals surface area contributed by atoms with Crippen LogP contribution in [0.15, 0.2) is 60.7 Å². The molecule has 0 saturated carbocycles. The predicted molar refractivity (Wildman–Crippen MR) is 75.9 cm³/mol. The van der Waals surface area contributed by atoms with Crippen molar-refractivity contribution in [2.45, 2.75) is 0 Å². The van der Waals surface area contributed by atoms with Gasteiger partial charge in [-0.2, -0.15) is 0 Å². The minimum absolute atomic E-state index is 0.857. The molecule has 0 N–H and O–H groups in total. The van der Waals surface area contributed by atoms with Gasteiger partial charge in [-0.3, -0.25) is 0 Å². The molecule has 0 aliphatic carbocycles. The van der Waals surface area contributed by atoms with Crippen molar-refractivity contribution in [1.29, 1.82) is 0 Å². The molecule has 94 valence electrons. The highest BCUT2D eigenvalue weighted by molar-refractivity contribution is 7.09. The molecule has 0 amide bonds. The number of rotatable bonds is 3. The van der Waals surface area contributed by atoms with E-state index in [2.05, 4.69) is 9.59 Å². The number of anilines is 2. The molecule has 0 fully saturated rings. The van der Waals surface area contributed by atoms with Crippen LogP contribution in [0.5, 0.6) is 0 Å². The van der Waals surface area contributed by atoms with E-state index in [0.29, 0.717) is 0 Å². The summed E-state index contributed by atoms with van der Waals surface area (Å²) in [4.78, 5) is 3.68. The van der Waals surface area contributed by atoms with Crippen LogP contribution < -0.4 is 9.70 Å². The molecule has 3 rings (SSSR count). The molecule has 2 aromatic carbocycles. The van der Waals surface area contributed by atoms with Crippen LogP contribution in [0, 0.1) is 0 Å². The lowest BCUT2D eigenvalue weighted by molar-refractivity contribution is -0.709. The second-order valence-electron chi connectivity index (χ2n) is 4.08. The largest absolute Gasteiger partial charge is 0.315 e. The summed E-state index contributed by atoms with van der Waals surface area (Å²) in [6, 6.07) is 20.0. The molecule has 1 heterocycles. The van der Waals surface area contributed by atoms with Crippen LogP contribution in [0.3, 0.4) is 0 Å². The van der Waals surface area contributed by atoms with E-state index in [1.54, 1.807) is 4.80 Å². The molecular formula is C14H13N4S+. The van der Waals surface area contributed by atoms with E-state index in [4.69, 9.17) is 0 Å². The van der Waals surface area contributed by atoms with Gasteiger partial charge in [-0.1, -0.05) is 36.4 Å². The maximum atomic E-state index is 4.51. The Hall–Kier alpha value is -2.27. The number of hydrogen-bond acceptors (Lipinski definition) is 4. The van der Waals surface area contributed by atoms with Crippen molar-refractivity contribution in [3.8, 4) is 5.69 Å². The maximum absolute atomic E-state index is 4.51. The lowest BCUT2D eigenvalue weighted by Gasteiger charge is -2.12. The summed E-state index contributed by atoms with van der Waals surface area (Å²) in [6.45, 7) is 0. The van der Waals surface area contributed by atoms with E-state index in [-0.39, 0.29) is 0 Å². The monoisotopic (exact) mass is 269 g/mol. The predicted octanol–water partition coefficient (Wildman–Crippen LogP) is 2.58. The minimum Gasteiger partial charge on any atom is -0.315 e. The molecule has 3 aromatic rings. The standard InChI is InChI=1S/C14H13N4S/c1-17(12-8-4-2-5-9-12)14-15-18(16-19-14)13-10-6-3-7-11-13/h2-11H,1H3/q+1. The van der Waals surface area contributed by atoms with Crippen LogP contribution in [-0.4, -0.2) is 16.6 Å². The van der Waals surface area contributed by atoms with Crippen LogP contribution in [0.2, 0.25) is 0 Å². The Bertz CT molecular complexity index is 651. The van der Waals surface area contributed by atoms with Crippen molar-refractivity contribution in [2.24, 2.45) is 0 Å². The zero-order valence-electron chi connectivity index (χ0n) is 10.5. The van der Waals surface area contributed by atoms with Crippen LogP contribution in [0.1, 0.15) is 0 Å². The number of benzene rings is 2. The highest BCUT2D eigenvalue weighted by Crippen LogP contribution is 2.22. The third-order valence-electron chi connectivity index (χ3n) is 2.80. The van der Waals surface area contributed by atoms with E-state index < -0.39 is 0 Å². The van der Waals surface area contributed by atoms with Crippen molar-refractivity contribution < 1.29 is 4.80 Å². The van der Waals surface area contributed by atoms with E-state index in [1.807, 2.05) is 72.6 Å². The quantitative estimate of drug-likeness (QED) is 0.685. The number of hydrogen-bond donors (Lipinski definition) is 0. The lowest BCUT2D eigenvalue weighted by Crippen LogP contribution is -2.35. The molecule has 0 aliphatic heterocycles. The molecule has 0 aliphatic rings. The van der Waals surface area contributed by atoms with Crippen LogP contribution in [0.4, 0.5) is 10.8 Å². The SMILES string of the molecule is CN(c1ccccc1)c1n[n+](-c2ccccc2)ns1. The van der Waals surface area contributed by atoms with E-state index in [9.17, 15) is 0 Å². The fourth-order valence-electron chi connectivity index (χ4n) is 1.75. The Morgan fingerprint density at radius 3 is 2.26 bits per heavy atom. The fourth-order valence-corrected chi connectivity index (χ4v) is 2.37. The second-order valence-corrected chi connectivity index (χ2v) is 4.79. The minimum atomic E-state index is 0.857. The van der Waals surface area contributed by atoms with Gasteiger partial charge in [0.25, 0.3) is 10.8 Å². The first-order valence-electron chi connectivity index (χ1n) is 5.95. The van der Waals surface area contributed by atoms with E-state index in [0.717, 1.165) is 16.5 Å². The van der Waals surface area contributed by atoms with Gasteiger partial charge in [0.2, 0.25) is 0 Å². The molecule has 4 nitrogen and oxygen atoms in total. The normalized spacial score (nSPS) is 10.4. The average molecular weight is 269 g/mol. The summed E-state index contributed by atoms with van der Waals surface area (Å²) in [7, 11) is 1.99. The van der Waals surface area contributed by atoms with Gasteiger partial charge in [0.05, 0.1) is 21.4 Å². The molecule has 0 saturated heterocycles. The third-order valence-corrected chi connectivity index (χ3v) is 3.55. The van der Waals surface area contributed by atoms with Gasteiger partial charge in [-0.25, -0.2) is 0 Å². The highest BCUT2D eigenvalue weighted by Gasteiger charge is 2.18. The Morgan fingerprint density at radius 2 is 1.58 bits per heavy atom. The van der Waals surface area contributed by atoms with Gasteiger partial charge in [0.15, 0.2) is 0 Å². The van der Waals surface area contributed by atoms with Crippen molar-refractivity contribution in [1.82, 2.24) is 9.59 Å². The summed E-state index contributed by atoms with van der Waals surface area (Å²) in [5.74, 6) is 0. The van der Waals surface area contributed by atoms with Gasteiger partial charge in [0, 0.05) is 24.9 Å². The number of aromatic nitrogens is 3. The molecule has 0 radical (unpaired) electrons. The zero-order valence-corrected chi connectivity index (χ0v) is 11.3. The molecule has 0 bridgehead atoms. The molecule has 0 spiro atoms.